The molecule has 0 atom stereocenters. The summed E-state index contributed by atoms with van der Waals surface area (Å²) in [6.45, 7) is 2.76. The fourth-order valence-electron chi connectivity index (χ4n) is 1.32. The second-order valence-electron chi connectivity index (χ2n) is 2.79. The van der Waals surface area contributed by atoms with E-state index in [-0.39, 0.29) is 5.82 Å². The molecule has 2 aromatic rings. The second kappa shape index (κ2) is 3.25. The number of nitrogens with zero attached hydrogens (tertiary/aromatic N) is 2. The molecule has 0 saturated carbocycles. The molecule has 1 aromatic carbocycles. The normalized spacial score (nSPS) is 11.0. The van der Waals surface area contributed by atoms with Crippen LogP contribution >= 0.6 is 22.6 Å². The molecule has 0 spiro atoms. The van der Waals surface area contributed by atoms with Crippen molar-refractivity contribution in [1.29, 1.82) is 0 Å². The van der Waals surface area contributed by atoms with Crippen LogP contribution in [-0.4, -0.2) is 9.78 Å². The minimum Gasteiger partial charge on any atom is -0.265 e. The van der Waals surface area contributed by atoms with Crippen LogP contribution in [0.25, 0.3) is 10.9 Å². The molecule has 4 heteroatoms. The van der Waals surface area contributed by atoms with Gasteiger partial charge in [-0.1, -0.05) is 0 Å². The van der Waals surface area contributed by atoms with E-state index >= 15 is 0 Å². The van der Waals surface area contributed by atoms with Crippen LogP contribution in [0.3, 0.4) is 0 Å². The van der Waals surface area contributed by atoms with Crippen molar-refractivity contribution in [1.82, 2.24) is 9.78 Å². The Bertz CT molecular complexity index is 450. The topological polar surface area (TPSA) is 17.8 Å². The Labute approximate surface area is 88.9 Å². The number of rotatable bonds is 1. The molecule has 0 aliphatic rings. The Kier molecular flexibility index (Phi) is 2.23. The van der Waals surface area contributed by atoms with Gasteiger partial charge in [0, 0.05) is 21.6 Å². The van der Waals surface area contributed by atoms with E-state index in [1.807, 2.05) is 35.6 Å². The zero-order chi connectivity index (χ0) is 9.42. The molecule has 2 nitrogen and oxygen atoms in total. The molecule has 1 heterocycles. The summed E-state index contributed by atoms with van der Waals surface area (Å²) < 4.78 is 15.6. The number of halogens is 2. The summed E-state index contributed by atoms with van der Waals surface area (Å²) in [5, 5.41) is 5.14. The average Bonchev–Trinajstić information content (AvgIpc) is 2.48. The van der Waals surface area contributed by atoms with Crippen LogP contribution < -0.4 is 0 Å². The molecule has 0 radical (unpaired) electrons. The number of hydrogen-bond acceptors (Lipinski definition) is 1. The summed E-state index contributed by atoms with van der Waals surface area (Å²) in [7, 11) is 0. The molecule has 68 valence electrons. The van der Waals surface area contributed by atoms with Gasteiger partial charge in [-0.2, -0.15) is 5.10 Å². The summed E-state index contributed by atoms with van der Waals surface area (Å²) in [5.41, 5.74) is 0.861. The number of aryl methyl sites for hydroxylation is 1. The van der Waals surface area contributed by atoms with Crippen LogP contribution in [-0.2, 0) is 6.54 Å². The monoisotopic (exact) mass is 290 g/mol. The first-order chi connectivity index (χ1) is 6.22. The van der Waals surface area contributed by atoms with Crippen molar-refractivity contribution >= 4 is 33.5 Å². The third kappa shape index (κ3) is 1.43. The van der Waals surface area contributed by atoms with Gasteiger partial charge in [0.2, 0.25) is 0 Å². The minimum atomic E-state index is -0.177. The third-order valence-corrected chi connectivity index (χ3v) is 2.81. The summed E-state index contributed by atoms with van der Waals surface area (Å²) in [6.07, 6.45) is 1.76. The fourth-order valence-corrected chi connectivity index (χ4v) is 1.82. The van der Waals surface area contributed by atoms with Crippen molar-refractivity contribution in [2.45, 2.75) is 13.5 Å². The zero-order valence-corrected chi connectivity index (χ0v) is 9.25. The van der Waals surface area contributed by atoms with Crippen LogP contribution in [0.5, 0.6) is 0 Å². The smallest absolute Gasteiger partial charge is 0.138 e. The Morgan fingerprint density at radius 1 is 1.54 bits per heavy atom. The maximum atomic E-state index is 13.2. The highest BCUT2D eigenvalue weighted by molar-refractivity contribution is 14.1. The van der Waals surface area contributed by atoms with Gasteiger partial charge in [-0.3, -0.25) is 4.68 Å². The number of fused-ring (bicyclic) bond motifs is 1. The molecule has 0 bridgehead atoms. The maximum Gasteiger partial charge on any atom is 0.138 e. The molecular weight excluding hydrogens is 282 g/mol. The first-order valence-electron chi connectivity index (χ1n) is 4.03. The first-order valence-corrected chi connectivity index (χ1v) is 5.11. The maximum absolute atomic E-state index is 13.2. The van der Waals surface area contributed by atoms with Gasteiger partial charge < -0.3 is 0 Å². The standard InChI is InChI=1S/C9H8FIN2/c1-2-13-9-4-7(10)8(11)3-6(9)5-12-13/h3-5H,2H2,1H3. The highest BCUT2D eigenvalue weighted by Crippen LogP contribution is 2.20. The predicted octanol–water partition coefficient (Wildman–Crippen LogP) is 2.80. The lowest BCUT2D eigenvalue weighted by molar-refractivity contribution is 0.618. The third-order valence-electron chi connectivity index (χ3n) is 1.98. The number of hydrogen-bond donors (Lipinski definition) is 0. The van der Waals surface area contributed by atoms with E-state index in [4.69, 9.17) is 0 Å². The molecule has 0 aliphatic carbocycles. The molecule has 0 fully saturated rings. The Morgan fingerprint density at radius 2 is 2.31 bits per heavy atom. The average molecular weight is 290 g/mol. The van der Waals surface area contributed by atoms with Gasteiger partial charge in [0.1, 0.15) is 5.82 Å². The van der Waals surface area contributed by atoms with E-state index in [1.165, 1.54) is 6.07 Å². The largest absolute Gasteiger partial charge is 0.265 e. The van der Waals surface area contributed by atoms with Crippen molar-refractivity contribution in [3.8, 4) is 0 Å². The summed E-state index contributed by atoms with van der Waals surface area (Å²) >= 11 is 1.98. The van der Waals surface area contributed by atoms with Gasteiger partial charge in [-0.05, 0) is 35.6 Å². The van der Waals surface area contributed by atoms with Crippen molar-refractivity contribution in [3.63, 3.8) is 0 Å². The Morgan fingerprint density at radius 3 is 3.00 bits per heavy atom. The fraction of sp³-hybridized carbons (Fsp3) is 0.222. The van der Waals surface area contributed by atoms with Crippen LogP contribution in [0.2, 0.25) is 0 Å². The Hall–Kier alpha value is -0.650. The van der Waals surface area contributed by atoms with E-state index in [0.717, 1.165) is 17.4 Å². The van der Waals surface area contributed by atoms with Gasteiger partial charge >= 0.3 is 0 Å². The van der Waals surface area contributed by atoms with E-state index in [2.05, 4.69) is 5.10 Å². The highest BCUT2D eigenvalue weighted by atomic mass is 127. The second-order valence-corrected chi connectivity index (χ2v) is 3.95. The number of aromatic nitrogens is 2. The van der Waals surface area contributed by atoms with E-state index in [9.17, 15) is 4.39 Å². The lowest BCUT2D eigenvalue weighted by Crippen LogP contribution is -1.95. The molecular formula is C9H8FIN2. The highest BCUT2D eigenvalue weighted by Gasteiger charge is 2.05. The molecule has 0 unspecified atom stereocenters. The summed E-state index contributed by atoms with van der Waals surface area (Å²) in [6, 6.07) is 3.35. The van der Waals surface area contributed by atoms with Gasteiger partial charge in [0.15, 0.2) is 0 Å². The van der Waals surface area contributed by atoms with Crippen LogP contribution in [0, 0.1) is 9.39 Å². The van der Waals surface area contributed by atoms with Gasteiger partial charge in [0.25, 0.3) is 0 Å². The lowest BCUT2D eigenvalue weighted by Gasteiger charge is -1.99. The van der Waals surface area contributed by atoms with Crippen molar-refractivity contribution in [2.75, 3.05) is 0 Å². The van der Waals surface area contributed by atoms with E-state index in [1.54, 1.807) is 10.9 Å². The minimum absolute atomic E-state index is 0.177. The number of benzene rings is 1. The lowest BCUT2D eigenvalue weighted by atomic mass is 10.2. The van der Waals surface area contributed by atoms with Gasteiger partial charge in [-0.25, -0.2) is 4.39 Å². The molecule has 1 aromatic heterocycles. The zero-order valence-electron chi connectivity index (χ0n) is 7.09. The molecule has 0 aliphatic heterocycles. The summed E-state index contributed by atoms with van der Waals surface area (Å²) in [4.78, 5) is 0. The van der Waals surface area contributed by atoms with Crippen molar-refractivity contribution in [3.05, 3.63) is 27.7 Å². The first kappa shape index (κ1) is 8.93. The van der Waals surface area contributed by atoms with E-state index < -0.39 is 0 Å². The molecule has 0 amide bonds. The van der Waals surface area contributed by atoms with Crippen molar-refractivity contribution in [2.24, 2.45) is 0 Å². The SMILES string of the molecule is CCn1ncc2cc(I)c(F)cc21. The summed E-state index contributed by atoms with van der Waals surface area (Å²) in [5.74, 6) is -0.177. The molecule has 0 N–H and O–H groups in total. The Balaban J connectivity index is 2.77. The van der Waals surface area contributed by atoms with Crippen LogP contribution in [0.1, 0.15) is 6.92 Å². The van der Waals surface area contributed by atoms with E-state index in [0.29, 0.717) is 3.57 Å². The quantitative estimate of drug-likeness (QED) is 0.738. The van der Waals surface area contributed by atoms with Gasteiger partial charge in [-0.15, -0.1) is 0 Å². The van der Waals surface area contributed by atoms with Crippen LogP contribution in [0.15, 0.2) is 18.3 Å². The van der Waals surface area contributed by atoms with Crippen molar-refractivity contribution < 1.29 is 4.39 Å². The molecule has 2 rings (SSSR count). The van der Waals surface area contributed by atoms with Gasteiger partial charge in [0.05, 0.1) is 11.7 Å². The molecule has 0 saturated heterocycles. The predicted molar refractivity (Wildman–Crippen MR) is 58.1 cm³/mol. The molecule has 13 heavy (non-hydrogen) atoms. The van der Waals surface area contributed by atoms with Crippen LogP contribution in [0.4, 0.5) is 4.39 Å².